The van der Waals surface area contributed by atoms with Gasteiger partial charge in [-0.1, -0.05) is 19.1 Å². The largest absolute Gasteiger partial charge is 0.350 e. The van der Waals surface area contributed by atoms with Crippen molar-refractivity contribution in [2.45, 2.75) is 24.8 Å². The number of aryl methyl sites for hydroxylation is 2. The number of nitro groups is 1. The number of benzene rings is 1. The van der Waals surface area contributed by atoms with Crippen LogP contribution in [0.1, 0.15) is 18.2 Å². The minimum atomic E-state index is -0.339. The number of aromatic nitrogens is 2. The maximum atomic E-state index is 11.4. The van der Waals surface area contributed by atoms with Crippen molar-refractivity contribution in [3.63, 3.8) is 0 Å². The Morgan fingerprint density at radius 3 is 2.50 bits per heavy atom. The second-order valence-electron chi connectivity index (χ2n) is 5.06. The van der Waals surface area contributed by atoms with Crippen molar-refractivity contribution >= 4 is 23.3 Å². The topological polar surface area (TPSA) is 64.2 Å². The first kappa shape index (κ1) is 16.4. The van der Waals surface area contributed by atoms with Crippen LogP contribution in [0.4, 0.5) is 11.5 Å². The molecule has 0 saturated heterocycles. The summed E-state index contributed by atoms with van der Waals surface area (Å²) in [5.74, 6) is 0.538. The SMILES string of the molecule is CCc1nn(C)c(N(C)Cc2ccc(SC)cc2)c1[N+](=O)[O-]. The van der Waals surface area contributed by atoms with Crippen LogP contribution in [0.3, 0.4) is 0 Å². The Labute approximate surface area is 134 Å². The van der Waals surface area contributed by atoms with Crippen LogP contribution in [0.15, 0.2) is 29.2 Å². The molecule has 118 valence electrons. The first-order valence-electron chi connectivity index (χ1n) is 7.02. The summed E-state index contributed by atoms with van der Waals surface area (Å²) in [5, 5.41) is 15.6. The third-order valence-corrected chi connectivity index (χ3v) is 4.26. The average molecular weight is 320 g/mol. The standard InChI is InChI=1S/C15H20N4O2S/c1-5-13-14(19(20)21)15(18(3)16-13)17(2)10-11-6-8-12(22-4)9-7-11/h6-9H,5,10H2,1-4H3. The molecule has 0 atom stereocenters. The quantitative estimate of drug-likeness (QED) is 0.464. The van der Waals surface area contributed by atoms with Gasteiger partial charge in [0.1, 0.15) is 5.69 Å². The van der Waals surface area contributed by atoms with Crippen LogP contribution in [0.25, 0.3) is 0 Å². The molecule has 2 aromatic rings. The Morgan fingerprint density at radius 1 is 1.36 bits per heavy atom. The van der Waals surface area contributed by atoms with E-state index >= 15 is 0 Å². The van der Waals surface area contributed by atoms with E-state index in [0.717, 1.165) is 5.56 Å². The number of nitrogens with zero attached hydrogens (tertiary/aromatic N) is 4. The average Bonchev–Trinajstić information content (AvgIpc) is 2.85. The molecule has 0 radical (unpaired) electrons. The molecule has 2 rings (SSSR count). The van der Waals surface area contributed by atoms with Crippen LogP contribution >= 0.6 is 11.8 Å². The highest BCUT2D eigenvalue weighted by molar-refractivity contribution is 7.98. The van der Waals surface area contributed by atoms with Gasteiger partial charge < -0.3 is 4.90 Å². The molecular formula is C15H20N4O2S. The lowest BCUT2D eigenvalue weighted by atomic mass is 10.2. The van der Waals surface area contributed by atoms with Crippen LogP contribution in [0.5, 0.6) is 0 Å². The second-order valence-corrected chi connectivity index (χ2v) is 5.94. The van der Waals surface area contributed by atoms with E-state index in [9.17, 15) is 10.1 Å². The Bertz CT molecular complexity index is 667. The maximum Gasteiger partial charge on any atom is 0.334 e. The molecule has 0 bridgehead atoms. The zero-order valence-electron chi connectivity index (χ0n) is 13.2. The third kappa shape index (κ3) is 3.24. The molecule has 22 heavy (non-hydrogen) atoms. The van der Waals surface area contributed by atoms with Gasteiger partial charge >= 0.3 is 5.69 Å². The number of rotatable bonds is 6. The van der Waals surface area contributed by atoms with E-state index in [-0.39, 0.29) is 10.6 Å². The van der Waals surface area contributed by atoms with E-state index in [1.165, 1.54) is 4.90 Å². The number of hydrogen-bond acceptors (Lipinski definition) is 5. The van der Waals surface area contributed by atoms with Gasteiger partial charge in [-0.2, -0.15) is 5.10 Å². The predicted molar refractivity (Wildman–Crippen MR) is 89.6 cm³/mol. The third-order valence-electron chi connectivity index (χ3n) is 3.52. The summed E-state index contributed by atoms with van der Waals surface area (Å²) < 4.78 is 1.59. The fourth-order valence-electron chi connectivity index (χ4n) is 2.49. The molecule has 0 N–H and O–H groups in total. The lowest BCUT2D eigenvalue weighted by Crippen LogP contribution is -2.20. The zero-order valence-corrected chi connectivity index (χ0v) is 14.1. The van der Waals surface area contributed by atoms with Crippen LogP contribution in [0.2, 0.25) is 0 Å². The molecular weight excluding hydrogens is 300 g/mol. The number of anilines is 1. The first-order valence-corrected chi connectivity index (χ1v) is 8.24. The molecule has 0 saturated carbocycles. The van der Waals surface area contributed by atoms with Gasteiger partial charge in [-0.15, -0.1) is 11.8 Å². The minimum absolute atomic E-state index is 0.105. The van der Waals surface area contributed by atoms with Crippen molar-refractivity contribution in [3.05, 3.63) is 45.6 Å². The summed E-state index contributed by atoms with van der Waals surface area (Å²) in [4.78, 5) is 14.1. The van der Waals surface area contributed by atoms with Gasteiger partial charge in [-0.3, -0.25) is 10.1 Å². The summed E-state index contributed by atoms with van der Waals surface area (Å²) in [5.41, 5.74) is 1.73. The van der Waals surface area contributed by atoms with Gasteiger partial charge in [0.25, 0.3) is 0 Å². The normalized spacial score (nSPS) is 10.7. The van der Waals surface area contributed by atoms with Crippen molar-refractivity contribution in [1.29, 1.82) is 0 Å². The highest BCUT2D eigenvalue weighted by Crippen LogP contribution is 2.31. The fraction of sp³-hybridized carbons (Fsp3) is 0.400. The Hall–Kier alpha value is -2.02. The number of hydrogen-bond donors (Lipinski definition) is 0. The van der Waals surface area contributed by atoms with E-state index in [1.54, 1.807) is 23.5 Å². The van der Waals surface area contributed by atoms with Gasteiger partial charge in [0.15, 0.2) is 0 Å². The van der Waals surface area contributed by atoms with Crippen LogP contribution < -0.4 is 4.90 Å². The highest BCUT2D eigenvalue weighted by atomic mass is 32.2. The maximum absolute atomic E-state index is 11.4. The van der Waals surface area contributed by atoms with Gasteiger partial charge in [0, 0.05) is 25.5 Å². The summed E-state index contributed by atoms with van der Waals surface area (Å²) in [7, 11) is 3.60. The van der Waals surface area contributed by atoms with Gasteiger partial charge in [0.05, 0.1) is 4.92 Å². The van der Waals surface area contributed by atoms with Crippen molar-refractivity contribution in [2.75, 3.05) is 18.2 Å². The minimum Gasteiger partial charge on any atom is -0.350 e. The Kier molecular flexibility index (Phi) is 5.07. The number of thioether (sulfide) groups is 1. The molecule has 1 heterocycles. The van der Waals surface area contributed by atoms with E-state index in [4.69, 9.17) is 0 Å². The first-order chi connectivity index (χ1) is 10.5. The van der Waals surface area contributed by atoms with Crippen LogP contribution in [0, 0.1) is 10.1 Å². The molecule has 0 aliphatic rings. The van der Waals surface area contributed by atoms with E-state index in [0.29, 0.717) is 24.5 Å². The van der Waals surface area contributed by atoms with E-state index in [1.807, 2.05) is 37.3 Å². The molecule has 0 amide bonds. The van der Waals surface area contributed by atoms with Gasteiger partial charge in [-0.05, 0) is 30.4 Å². The Morgan fingerprint density at radius 2 is 2.00 bits per heavy atom. The highest BCUT2D eigenvalue weighted by Gasteiger charge is 2.28. The van der Waals surface area contributed by atoms with Crippen LogP contribution in [-0.4, -0.2) is 28.0 Å². The predicted octanol–water partition coefficient (Wildman–Crippen LogP) is 3.25. The van der Waals surface area contributed by atoms with Crippen molar-refractivity contribution in [1.82, 2.24) is 9.78 Å². The second kappa shape index (κ2) is 6.83. The van der Waals surface area contributed by atoms with E-state index in [2.05, 4.69) is 17.2 Å². The molecule has 0 fully saturated rings. The molecule has 0 aliphatic carbocycles. The summed E-state index contributed by atoms with van der Waals surface area (Å²) in [6, 6.07) is 8.21. The molecule has 0 aliphatic heterocycles. The molecule has 7 heteroatoms. The fourth-order valence-corrected chi connectivity index (χ4v) is 2.90. The summed E-state index contributed by atoms with van der Waals surface area (Å²) >= 11 is 1.69. The lowest BCUT2D eigenvalue weighted by molar-refractivity contribution is -0.384. The van der Waals surface area contributed by atoms with Crippen molar-refractivity contribution in [3.8, 4) is 0 Å². The van der Waals surface area contributed by atoms with E-state index < -0.39 is 0 Å². The van der Waals surface area contributed by atoms with Crippen molar-refractivity contribution < 1.29 is 4.92 Å². The smallest absolute Gasteiger partial charge is 0.334 e. The zero-order chi connectivity index (χ0) is 16.3. The van der Waals surface area contributed by atoms with Gasteiger partial charge in [-0.25, -0.2) is 4.68 Å². The Balaban J connectivity index is 2.30. The summed E-state index contributed by atoms with van der Waals surface area (Å²) in [6.07, 6.45) is 2.58. The monoisotopic (exact) mass is 320 g/mol. The molecule has 6 nitrogen and oxygen atoms in total. The lowest BCUT2D eigenvalue weighted by Gasteiger charge is -2.18. The van der Waals surface area contributed by atoms with Crippen molar-refractivity contribution in [2.24, 2.45) is 7.05 Å². The van der Waals surface area contributed by atoms with Crippen LogP contribution in [-0.2, 0) is 20.0 Å². The summed E-state index contributed by atoms with van der Waals surface area (Å²) in [6.45, 7) is 2.47. The van der Waals surface area contributed by atoms with Gasteiger partial charge in [0.2, 0.25) is 5.82 Å². The molecule has 0 spiro atoms. The molecule has 1 aromatic heterocycles. The molecule has 1 aromatic carbocycles. The molecule has 0 unspecified atom stereocenters.